The standard InChI is InChI=1S/C4H6O4Si/c1-3(5)7-9-8-4(2)6/h1-2H3. The van der Waals surface area contributed by atoms with Crippen LogP contribution in [0.3, 0.4) is 0 Å². The largest absolute Gasteiger partial charge is 0.614 e. The Balaban J connectivity index is 3.10. The van der Waals surface area contributed by atoms with Crippen LogP contribution < -0.4 is 0 Å². The highest BCUT2D eigenvalue weighted by molar-refractivity contribution is 6.25. The van der Waals surface area contributed by atoms with Crippen molar-refractivity contribution >= 4 is 21.9 Å². The Morgan fingerprint density at radius 1 is 1.11 bits per heavy atom. The molecule has 4 nitrogen and oxygen atoms in total. The lowest BCUT2D eigenvalue weighted by molar-refractivity contribution is -0.136. The van der Waals surface area contributed by atoms with Gasteiger partial charge in [0.2, 0.25) is 0 Å². The Bertz CT molecular complexity index is 108. The molecule has 0 saturated carbocycles. The summed E-state index contributed by atoms with van der Waals surface area (Å²) in [6.07, 6.45) is 0. The molecule has 0 fully saturated rings. The molecular formula is C4H6O4Si. The fraction of sp³-hybridized carbons (Fsp3) is 0.500. The van der Waals surface area contributed by atoms with Gasteiger partial charge in [-0.3, -0.25) is 9.59 Å². The minimum absolute atomic E-state index is 0.449. The van der Waals surface area contributed by atoms with E-state index in [0.29, 0.717) is 0 Å². The van der Waals surface area contributed by atoms with Crippen LogP contribution in [-0.2, 0) is 18.4 Å². The summed E-state index contributed by atoms with van der Waals surface area (Å²) in [6.45, 7) is 2.49. The van der Waals surface area contributed by atoms with Crippen molar-refractivity contribution < 1.29 is 18.4 Å². The third-order valence-corrected chi connectivity index (χ3v) is 1.11. The molecule has 0 spiro atoms. The van der Waals surface area contributed by atoms with Gasteiger partial charge < -0.3 is 8.85 Å². The van der Waals surface area contributed by atoms with Gasteiger partial charge in [0.25, 0.3) is 11.9 Å². The van der Waals surface area contributed by atoms with Crippen molar-refractivity contribution in [3.8, 4) is 0 Å². The maximum atomic E-state index is 10.0. The molecule has 0 unspecified atom stereocenters. The van der Waals surface area contributed by atoms with E-state index in [9.17, 15) is 9.59 Å². The molecule has 0 N–H and O–H groups in total. The Kier molecular flexibility index (Phi) is 3.70. The lowest BCUT2D eigenvalue weighted by Crippen LogP contribution is -2.11. The molecule has 50 valence electrons. The topological polar surface area (TPSA) is 52.6 Å². The normalized spacial score (nSPS) is 8.22. The summed E-state index contributed by atoms with van der Waals surface area (Å²) in [5.74, 6) is -0.899. The van der Waals surface area contributed by atoms with E-state index in [2.05, 4.69) is 8.85 Å². The van der Waals surface area contributed by atoms with E-state index in [4.69, 9.17) is 0 Å². The van der Waals surface area contributed by atoms with Crippen LogP contribution in [0.5, 0.6) is 0 Å². The smallest absolute Gasteiger partial charge is 0.481 e. The molecule has 0 aliphatic carbocycles. The first-order chi connectivity index (χ1) is 4.13. The molecule has 0 rings (SSSR count). The van der Waals surface area contributed by atoms with Crippen LogP contribution in [0, 0.1) is 0 Å². The van der Waals surface area contributed by atoms with Crippen molar-refractivity contribution in [2.45, 2.75) is 13.8 Å². The molecule has 0 aromatic rings. The van der Waals surface area contributed by atoms with Gasteiger partial charge in [0.1, 0.15) is 0 Å². The molecule has 0 atom stereocenters. The Morgan fingerprint density at radius 3 is 1.67 bits per heavy atom. The van der Waals surface area contributed by atoms with Crippen molar-refractivity contribution in [2.75, 3.05) is 0 Å². The molecular weight excluding hydrogens is 140 g/mol. The lowest BCUT2D eigenvalue weighted by Gasteiger charge is -1.95. The van der Waals surface area contributed by atoms with Gasteiger partial charge in [-0.1, -0.05) is 0 Å². The van der Waals surface area contributed by atoms with Crippen molar-refractivity contribution in [2.24, 2.45) is 0 Å². The van der Waals surface area contributed by atoms with Crippen LogP contribution in [0.15, 0.2) is 0 Å². The van der Waals surface area contributed by atoms with E-state index in [1.807, 2.05) is 0 Å². The van der Waals surface area contributed by atoms with Crippen LogP contribution in [0.2, 0.25) is 0 Å². The number of hydrogen-bond acceptors (Lipinski definition) is 4. The third kappa shape index (κ3) is 7.16. The van der Waals surface area contributed by atoms with E-state index in [0.717, 1.165) is 0 Å². The fourth-order valence-electron chi connectivity index (χ4n) is 0.138. The highest BCUT2D eigenvalue weighted by atomic mass is 28.3. The Labute approximate surface area is 55.2 Å². The van der Waals surface area contributed by atoms with Gasteiger partial charge in [0, 0.05) is 13.8 Å². The molecule has 0 amide bonds. The minimum atomic E-state index is -0.506. The van der Waals surface area contributed by atoms with E-state index in [1.165, 1.54) is 13.8 Å². The molecule has 0 aromatic heterocycles. The molecule has 0 aliphatic rings. The number of rotatable bonds is 2. The zero-order valence-corrected chi connectivity index (χ0v) is 6.13. The van der Waals surface area contributed by atoms with Crippen LogP contribution in [0.1, 0.15) is 13.8 Å². The molecule has 5 heteroatoms. The molecule has 2 radical (unpaired) electrons. The van der Waals surface area contributed by atoms with Gasteiger partial charge in [0.05, 0.1) is 0 Å². The summed E-state index contributed by atoms with van der Waals surface area (Å²) in [6, 6.07) is 0. The van der Waals surface area contributed by atoms with Crippen molar-refractivity contribution in [3.05, 3.63) is 0 Å². The summed E-state index contributed by atoms with van der Waals surface area (Å²) in [7, 11) is -0.506. The predicted molar refractivity (Wildman–Crippen MR) is 29.3 cm³/mol. The van der Waals surface area contributed by atoms with Crippen LogP contribution in [-0.4, -0.2) is 21.9 Å². The van der Waals surface area contributed by atoms with Crippen LogP contribution >= 0.6 is 0 Å². The third-order valence-electron chi connectivity index (χ3n) is 0.371. The highest BCUT2D eigenvalue weighted by Gasteiger charge is 2.00. The molecule has 9 heavy (non-hydrogen) atoms. The monoisotopic (exact) mass is 146 g/mol. The zero-order chi connectivity index (χ0) is 7.28. The summed E-state index contributed by atoms with van der Waals surface area (Å²) >= 11 is 0. The maximum absolute atomic E-state index is 10.0. The minimum Gasteiger partial charge on any atom is -0.481 e. The summed E-state index contributed by atoms with van der Waals surface area (Å²) in [5.41, 5.74) is 0. The van der Waals surface area contributed by atoms with Crippen LogP contribution in [0.4, 0.5) is 0 Å². The van der Waals surface area contributed by atoms with Gasteiger partial charge in [-0.2, -0.15) is 0 Å². The SMILES string of the molecule is CC(=O)O[Si]OC(C)=O. The predicted octanol–water partition coefficient (Wildman–Crippen LogP) is -0.353. The Hall–Kier alpha value is -0.843. The summed E-state index contributed by atoms with van der Waals surface area (Å²) in [5, 5.41) is 0. The Morgan fingerprint density at radius 2 is 1.44 bits per heavy atom. The average molecular weight is 146 g/mol. The second kappa shape index (κ2) is 4.08. The lowest BCUT2D eigenvalue weighted by atomic mass is 10.9. The molecule has 0 bridgehead atoms. The van der Waals surface area contributed by atoms with Gasteiger partial charge in [-0.05, 0) is 0 Å². The molecule has 0 aromatic carbocycles. The average Bonchev–Trinajstić information content (AvgIpc) is 1.63. The first-order valence-electron chi connectivity index (χ1n) is 2.22. The quantitative estimate of drug-likeness (QED) is 0.499. The highest BCUT2D eigenvalue weighted by Crippen LogP contribution is 1.75. The zero-order valence-electron chi connectivity index (χ0n) is 5.13. The van der Waals surface area contributed by atoms with E-state index < -0.39 is 21.9 Å². The van der Waals surface area contributed by atoms with Crippen molar-refractivity contribution in [3.63, 3.8) is 0 Å². The maximum Gasteiger partial charge on any atom is 0.614 e. The molecule has 0 saturated heterocycles. The second-order valence-corrected chi connectivity index (χ2v) is 1.85. The number of carbonyl (C=O) groups excluding carboxylic acids is 2. The number of hydrogen-bond donors (Lipinski definition) is 0. The van der Waals surface area contributed by atoms with Gasteiger partial charge in [-0.15, -0.1) is 0 Å². The summed E-state index contributed by atoms with van der Waals surface area (Å²) < 4.78 is 8.60. The number of carbonyl (C=O) groups is 2. The van der Waals surface area contributed by atoms with E-state index in [1.54, 1.807) is 0 Å². The van der Waals surface area contributed by atoms with Crippen molar-refractivity contribution in [1.29, 1.82) is 0 Å². The van der Waals surface area contributed by atoms with E-state index in [-0.39, 0.29) is 0 Å². The first kappa shape index (κ1) is 8.16. The first-order valence-corrected chi connectivity index (χ1v) is 3.04. The van der Waals surface area contributed by atoms with Gasteiger partial charge in [0.15, 0.2) is 0 Å². The van der Waals surface area contributed by atoms with E-state index >= 15 is 0 Å². The van der Waals surface area contributed by atoms with Crippen molar-refractivity contribution in [1.82, 2.24) is 0 Å². The fourth-order valence-corrected chi connectivity index (χ4v) is 0.415. The second-order valence-electron chi connectivity index (χ2n) is 1.27. The van der Waals surface area contributed by atoms with Gasteiger partial charge >= 0.3 is 10.0 Å². The molecule has 0 aliphatic heterocycles. The van der Waals surface area contributed by atoms with Gasteiger partial charge in [-0.25, -0.2) is 0 Å². The summed E-state index contributed by atoms with van der Waals surface area (Å²) in [4.78, 5) is 20.0. The van der Waals surface area contributed by atoms with Crippen LogP contribution in [0.25, 0.3) is 0 Å². The molecule has 0 heterocycles.